The maximum Gasteiger partial charge on any atom is 0.329 e. The van der Waals surface area contributed by atoms with Crippen LogP contribution in [-0.4, -0.2) is 119 Å². The Morgan fingerprint density at radius 1 is 0.773 bits per heavy atom. The normalized spacial score (nSPS) is 17.0. The molecule has 4 aromatic carbocycles. The number of fused-ring (bicyclic) bond motifs is 1. The third-order valence-electron chi connectivity index (χ3n) is 13.9. The van der Waals surface area contributed by atoms with Gasteiger partial charge in [0.1, 0.15) is 23.9 Å². The minimum atomic E-state index is -0.833. The Hall–Kier alpha value is -7.83. The van der Waals surface area contributed by atoms with Crippen LogP contribution in [0.25, 0.3) is 0 Å². The first-order valence-electron chi connectivity index (χ1n) is 25.4. The molecule has 3 aliphatic rings. The average molecular weight is 1030 g/mol. The van der Waals surface area contributed by atoms with Crippen LogP contribution in [0.2, 0.25) is 0 Å². The molecule has 0 saturated carbocycles. The van der Waals surface area contributed by atoms with Crippen LogP contribution in [0.4, 0.5) is 5.69 Å². The van der Waals surface area contributed by atoms with Crippen molar-refractivity contribution in [2.45, 2.75) is 108 Å². The lowest BCUT2D eigenvalue weighted by molar-refractivity contribution is -0.162. The maximum absolute atomic E-state index is 14.5. The molecule has 0 spiro atoms. The van der Waals surface area contributed by atoms with E-state index in [0.717, 1.165) is 18.4 Å². The Morgan fingerprint density at radius 2 is 1.52 bits per heavy atom. The second kappa shape index (κ2) is 25.9. The second-order valence-corrected chi connectivity index (χ2v) is 18.6. The first kappa shape index (κ1) is 54.9. The van der Waals surface area contributed by atoms with E-state index in [1.165, 1.54) is 26.2 Å². The predicted octanol–water partition coefficient (Wildman–Crippen LogP) is 6.59. The molecule has 6 amide bonds. The number of hydrogen-bond donors (Lipinski definition) is 3. The molecule has 0 radical (unpaired) electrons. The smallest absolute Gasteiger partial charge is 0.329 e. The number of imide groups is 1. The van der Waals surface area contributed by atoms with Crippen LogP contribution in [0, 0.1) is 0 Å². The molecule has 0 aliphatic carbocycles. The molecule has 3 heterocycles. The molecule has 0 bridgehead atoms. The number of ether oxygens (including phenoxy) is 7. The van der Waals surface area contributed by atoms with Crippen LogP contribution in [0.5, 0.6) is 34.5 Å². The van der Waals surface area contributed by atoms with E-state index in [9.17, 15) is 33.6 Å². The highest BCUT2D eigenvalue weighted by atomic mass is 16.5. The summed E-state index contributed by atoms with van der Waals surface area (Å²) in [4.78, 5) is 95.4. The molecule has 75 heavy (non-hydrogen) atoms. The Bertz CT molecular complexity index is 2720. The van der Waals surface area contributed by atoms with Crippen LogP contribution in [0.15, 0.2) is 72.8 Å². The summed E-state index contributed by atoms with van der Waals surface area (Å²) in [6.45, 7) is 2.43. The van der Waals surface area contributed by atoms with Crippen LogP contribution in [0.1, 0.15) is 116 Å². The van der Waals surface area contributed by atoms with Crippen molar-refractivity contribution in [2.75, 3.05) is 60.6 Å². The number of methoxy groups -OCH3 is 5. The van der Waals surface area contributed by atoms with Crippen molar-refractivity contribution in [2.24, 2.45) is 0 Å². The summed E-state index contributed by atoms with van der Waals surface area (Å²) in [5.74, 6) is -0.404. The summed E-state index contributed by atoms with van der Waals surface area (Å²) in [7, 11) is 7.68. The summed E-state index contributed by atoms with van der Waals surface area (Å²) in [5, 5.41) is 8.02. The highest BCUT2D eigenvalue weighted by Gasteiger charge is 2.41. The number of nitrogens with zero attached hydrogens (tertiary/aromatic N) is 2. The maximum atomic E-state index is 14.5. The second-order valence-electron chi connectivity index (χ2n) is 18.6. The number of likely N-dealkylation sites (tertiary alicyclic amines) is 1. The Morgan fingerprint density at radius 3 is 2.23 bits per heavy atom. The lowest BCUT2D eigenvalue weighted by Gasteiger charge is -2.37. The first-order valence-corrected chi connectivity index (χ1v) is 25.4. The van der Waals surface area contributed by atoms with Gasteiger partial charge in [0.15, 0.2) is 29.6 Å². The van der Waals surface area contributed by atoms with Crippen molar-refractivity contribution in [3.8, 4) is 34.5 Å². The first-order chi connectivity index (χ1) is 36.3. The fourth-order valence-corrected chi connectivity index (χ4v) is 9.90. The standard InChI is InChI=1S/C56H67N5O14/c1-7-38(36-30-47(71-4)52(73-6)48(31-36)72-5)54(66)60-27-11-9-18-43(60)56(68)75-44(23-20-34-21-24-45(69-2)46(28-34)70-3)35-14-12-15-37(29-35)74-33-51(64)57-26-10-8-19-49(62)58-41-17-13-16-39-40(41)32-61(55(39)67)42-22-25-50(63)59-53(42)65/h12-17,21,24,28-31,38,42-44H,7-11,18-20,22-23,25-27,32-33H2,1-6H3,(H,57,64)(H,58,62)(H,59,63,65)/t38-,42?,43-,44+/m0/s1. The molecule has 3 N–H and O–H groups in total. The SMILES string of the molecule is CC[C@H](C(=O)N1CCCC[C@H]1C(=O)O[C@H](CCc1ccc(OC)c(OC)c1)c1cccc(OCC(=O)NCCCCC(=O)Nc2cccc3c2CN(C2CCC(=O)NC2=O)C3=O)c1)c1cc(OC)c(OC)c(OC)c1. The summed E-state index contributed by atoms with van der Waals surface area (Å²) < 4.78 is 40.1. The lowest BCUT2D eigenvalue weighted by atomic mass is 9.91. The highest BCUT2D eigenvalue weighted by molar-refractivity contribution is 6.07. The zero-order valence-corrected chi connectivity index (χ0v) is 43.5. The predicted molar refractivity (Wildman–Crippen MR) is 275 cm³/mol. The molecule has 400 valence electrons. The van der Waals surface area contributed by atoms with Gasteiger partial charge >= 0.3 is 5.97 Å². The quantitative estimate of drug-likeness (QED) is 0.0383. The van der Waals surface area contributed by atoms with Gasteiger partial charge in [0.05, 0.1) is 41.5 Å². The van der Waals surface area contributed by atoms with Gasteiger partial charge in [0.2, 0.25) is 29.4 Å². The fraction of sp³-hybridized carbons (Fsp3) is 0.446. The summed E-state index contributed by atoms with van der Waals surface area (Å²) in [5.41, 5.74) is 3.72. The number of esters is 1. The minimum Gasteiger partial charge on any atom is -0.493 e. The Kier molecular flexibility index (Phi) is 19.0. The Balaban J connectivity index is 0.953. The van der Waals surface area contributed by atoms with Gasteiger partial charge in [-0.25, -0.2) is 4.79 Å². The summed E-state index contributed by atoms with van der Waals surface area (Å²) in [6, 6.07) is 19.6. The fourth-order valence-electron chi connectivity index (χ4n) is 9.90. The van der Waals surface area contributed by atoms with E-state index in [0.29, 0.717) is 114 Å². The molecule has 0 aromatic heterocycles. The van der Waals surface area contributed by atoms with Gasteiger partial charge in [0.25, 0.3) is 11.8 Å². The summed E-state index contributed by atoms with van der Waals surface area (Å²) in [6.07, 6.45) is 3.93. The summed E-state index contributed by atoms with van der Waals surface area (Å²) >= 11 is 0. The largest absolute Gasteiger partial charge is 0.493 e. The molecule has 2 saturated heterocycles. The number of nitrogens with one attached hydrogen (secondary N) is 3. The molecule has 7 rings (SSSR count). The van der Waals surface area contributed by atoms with E-state index < -0.39 is 36.0 Å². The van der Waals surface area contributed by atoms with Gasteiger partial charge in [-0.2, -0.15) is 0 Å². The molecular weight excluding hydrogens is 967 g/mol. The van der Waals surface area contributed by atoms with Crippen molar-refractivity contribution in [1.29, 1.82) is 0 Å². The number of unbranched alkanes of at least 4 members (excludes halogenated alkanes) is 1. The minimum absolute atomic E-state index is 0.132. The van der Waals surface area contributed by atoms with E-state index in [2.05, 4.69) is 16.0 Å². The number of hydrogen-bond acceptors (Lipinski definition) is 14. The van der Waals surface area contributed by atoms with Crippen LogP contribution in [0.3, 0.4) is 0 Å². The zero-order chi connectivity index (χ0) is 53.6. The number of anilines is 1. The number of benzene rings is 4. The van der Waals surface area contributed by atoms with Crippen molar-refractivity contribution in [3.63, 3.8) is 0 Å². The molecule has 4 atom stereocenters. The zero-order valence-electron chi connectivity index (χ0n) is 43.5. The molecule has 19 nitrogen and oxygen atoms in total. The average Bonchev–Trinajstić information content (AvgIpc) is 3.77. The van der Waals surface area contributed by atoms with Gasteiger partial charge in [-0.3, -0.25) is 34.1 Å². The van der Waals surface area contributed by atoms with Crippen LogP contribution >= 0.6 is 0 Å². The van der Waals surface area contributed by atoms with Crippen LogP contribution in [-0.2, 0) is 46.5 Å². The van der Waals surface area contributed by atoms with Gasteiger partial charge in [-0.05, 0) is 123 Å². The Labute approximate surface area is 436 Å². The van der Waals surface area contributed by atoms with E-state index in [1.54, 1.807) is 67.7 Å². The van der Waals surface area contributed by atoms with E-state index in [1.807, 2.05) is 31.2 Å². The van der Waals surface area contributed by atoms with Crippen molar-refractivity contribution in [1.82, 2.24) is 20.4 Å². The number of amides is 6. The molecule has 3 aliphatic heterocycles. The van der Waals surface area contributed by atoms with E-state index in [4.69, 9.17) is 33.2 Å². The monoisotopic (exact) mass is 1030 g/mol. The molecule has 2 fully saturated rings. The number of rotatable bonds is 24. The number of carbonyl (C=O) groups is 7. The van der Waals surface area contributed by atoms with Gasteiger partial charge in [0, 0.05) is 49.3 Å². The number of piperidine rings is 2. The van der Waals surface area contributed by atoms with E-state index >= 15 is 0 Å². The molecule has 4 aromatic rings. The van der Waals surface area contributed by atoms with Crippen LogP contribution < -0.4 is 44.4 Å². The topological polar surface area (TPSA) is 227 Å². The lowest BCUT2D eigenvalue weighted by Crippen LogP contribution is -2.52. The third kappa shape index (κ3) is 13.3. The highest BCUT2D eigenvalue weighted by Crippen LogP contribution is 2.42. The van der Waals surface area contributed by atoms with Gasteiger partial charge < -0.3 is 53.6 Å². The molecular formula is C56H67N5O14. The van der Waals surface area contributed by atoms with E-state index in [-0.39, 0.29) is 62.0 Å². The van der Waals surface area contributed by atoms with Gasteiger partial charge in [-0.1, -0.05) is 31.2 Å². The molecule has 1 unspecified atom stereocenters. The number of aryl methyl sites for hydroxylation is 1. The van der Waals surface area contributed by atoms with Crippen molar-refractivity contribution in [3.05, 3.63) is 101 Å². The van der Waals surface area contributed by atoms with Crippen molar-refractivity contribution < 1.29 is 66.7 Å². The molecule has 19 heteroatoms. The number of carbonyl (C=O) groups excluding carboxylic acids is 7. The van der Waals surface area contributed by atoms with Gasteiger partial charge in [-0.15, -0.1) is 0 Å². The third-order valence-corrected chi connectivity index (χ3v) is 13.9. The van der Waals surface area contributed by atoms with Crippen molar-refractivity contribution >= 4 is 47.1 Å².